The Balaban J connectivity index is 2.13. The molecule has 0 bridgehead atoms. The summed E-state index contributed by atoms with van der Waals surface area (Å²) in [6.45, 7) is 4.17. The highest BCUT2D eigenvalue weighted by atomic mass is 19.1. The van der Waals surface area contributed by atoms with Crippen LogP contribution >= 0.6 is 0 Å². The molecule has 0 aliphatic carbocycles. The van der Waals surface area contributed by atoms with Crippen molar-refractivity contribution in [2.45, 2.75) is 32.1 Å². The van der Waals surface area contributed by atoms with E-state index in [0.29, 0.717) is 18.9 Å². The molecule has 0 aromatic heterocycles. The fraction of sp³-hybridized carbons (Fsp3) is 0.562. The minimum atomic E-state index is -0.242. The normalized spacial score (nSPS) is 17.7. The lowest BCUT2D eigenvalue weighted by atomic mass is 9.78. The first kappa shape index (κ1) is 15.0. The van der Waals surface area contributed by atoms with E-state index in [-0.39, 0.29) is 17.7 Å². The first-order valence-electron chi connectivity index (χ1n) is 7.32. The highest BCUT2D eigenvalue weighted by molar-refractivity contribution is 5.70. The van der Waals surface area contributed by atoms with E-state index >= 15 is 0 Å². The van der Waals surface area contributed by atoms with Gasteiger partial charge >= 0.3 is 5.97 Å². The van der Waals surface area contributed by atoms with Gasteiger partial charge in [-0.25, -0.2) is 4.39 Å². The number of halogens is 1. The van der Waals surface area contributed by atoms with Gasteiger partial charge in [-0.3, -0.25) is 4.79 Å². The third-order valence-corrected chi connectivity index (χ3v) is 3.94. The van der Waals surface area contributed by atoms with Crippen LogP contribution < -0.4 is 5.32 Å². The lowest BCUT2D eigenvalue weighted by molar-refractivity contribution is -0.143. The van der Waals surface area contributed by atoms with Crippen molar-refractivity contribution in [3.63, 3.8) is 0 Å². The SMILES string of the molecule is CCOC(=O)CC(c1ccc(F)cc1)C1CCNCC1. The van der Waals surface area contributed by atoms with Gasteiger partial charge < -0.3 is 10.1 Å². The predicted octanol–water partition coefficient (Wildman–Crippen LogP) is 2.86. The Morgan fingerprint density at radius 1 is 1.35 bits per heavy atom. The van der Waals surface area contributed by atoms with E-state index < -0.39 is 0 Å². The van der Waals surface area contributed by atoms with Crippen LogP contribution in [-0.4, -0.2) is 25.7 Å². The fourth-order valence-electron chi connectivity index (χ4n) is 2.91. The number of nitrogens with one attached hydrogen (secondary N) is 1. The van der Waals surface area contributed by atoms with Crippen LogP contribution in [0.25, 0.3) is 0 Å². The van der Waals surface area contributed by atoms with Crippen molar-refractivity contribution in [1.82, 2.24) is 5.32 Å². The van der Waals surface area contributed by atoms with Crippen molar-refractivity contribution < 1.29 is 13.9 Å². The van der Waals surface area contributed by atoms with Crippen molar-refractivity contribution in [3.8, 4) is 0 Å². The third kappa shape index (κ3) is 4.04. The van der Waals surface area contributed by atoms with Crippen molar-refractivity contribution in [2.24, 2.45) is 5.92 Å². The van der Waals surface area contributed by atoms with Gasteiger partial charge in [0.05, 0.1) is 13.0 Å². The molecule has 0 radical (unpaired) electrons. The van der Waals surface area contributed by atoms with Crippen LogP contribution in [0.2, 0.25) is 0 Å². The summed E-state index contributed by atoms with van der Waals surface area (Å²) in [7, 11) is 0. The Morgan fingerprint density at radius 2 is 2.00 bits per heavy atom. The van der Waals surface area contributed by atoms with Crippen molar-refractivity contribution in [2.75, 3.05) is 19.7 Å². The molecule has 1 saturated heterocycles. The predicted molar refractivity (Wildman–Crippen MR) is 76.0 cm³/mol. The topological polar surface area (TPSA) is 38.3 Å². The van der Waals surface area contributed by atoms with Gasteiger partial charge in [-0.05, 0) is 62.4 Å². The Labute approximate surface area is 119 Å². The molecule has 1 aromatic carbocycles. The first-order chi connectivity index (χ1) is 9.70. The van der Waals surface area contributed by atoms with Crippen LogP contribution in [0, 0.1) is 11.7 Å². The van der Waals surface area contributed by atoms with Crippen LogP contribution in [0.4, 0.5) is 4.39 Å². The molecule has 2 rings (SSSR count). The average Bonchev–Trinajstić information content (AvgIpc) is 2.47. The molecule has 1 unspecified atom stereocenters. The maximum Gasteiger partial charge on any atom is 0.306 e. The molecule has 1 aliphatic rings. The standard InChI is InChI=1S/C16H22FNO2/c1-2-20-16(19)11-15(13-7-9-18-10-8-13)12-3-5-14(17)6-4-12/h3-6,13,15,18H,2,7-11H2,1H3. The second kappa shape index (κ2) is 7.39. The van der Waals surface area contributed by atoms with Gasteiger partial charge in [-0.2, -0.15) is 0 Å². The van der Waals surface area contributed by atoms with Crippen LogP contribution in [0.1, 0.15) is 37.7 Å². The summed E-state index contributed by atoms with van der Waals surface area (Å²) in [4.78, 5) is 11.8. The molecule has 110 valence electrons. The zero-order chi connectivity index (χ0) is 14.4. The molecule has 0 amide bonds. The van der Waals surface area contributed by atoms with Gasteiger partial charge in [0.15, 0.2) is 0 Å². The molecule has 1 N–H and O–H groups in total. The van der Waals surface area contributed by atoms with Crippen molar-refractivity contribution >= 4 is 5.97 Å². The summed E-state index contributed by atoms with van der Waals surface area (Å²) in [6.07, 6.45) is 2.47. The highest BCUT2D eigenvalue weighted by Gasteiger charge is 2.27. The molecule has 1 heterocycles. The molecule has 3 nitrogen and oxygen atoms in total. The summed E-state index contributed by atoms with van der Waals surface area (Å²) in [5.74, 6) is 0.164. The number of piperidine rings is 1. The first-order valence-corrected chi connectivity index (χ1v) is 7.32. The fourth-order valence-corrected chi connectivity index (χ4v) is 2.91. The summed E-state index contributed by atoms with van der Waals surface area (Å²) in [5, 5.41) is 3.33. The van der Waals surface area contributed by atoms with E-state index in [9.17, 15) is 9.18 Å². The molecular formula is C16H22FNO2. The van der Waals surface area contributed by atoms with Gasteiger partial charge in [0.25, 0.3) is 0 Å². The third-order valence-electron chi connectivity index (χ3n) is 3.94. The zero-order valence-corrected chi connectivity index (χ0v) is 11.9. The highest BCUT2D eigenvalue weighted by Crippen LogP contribution is 2.34. The maximum atomic E-state index is 13.1. The van der Waals surface area contributed by atoms with E-state index in [2.05, 4.69) is 5.32 Å². The number of benzene rings is 1. The van der Waals surface area contributed by atoms with E-state index in [0.717, 1.165) is 31.5 Å². The van der Waals surface area contributed by atoms with E-state index in [1.165, 1.54) is 12.1 Å². The summed E-state index contributed by atoms with van der Waals surface area (Å²) in [6, 6.07) is 6.52. The molecule has 4 heteroatoms. The Kier molecular flexibility index (Phi) is 5.53. The van der Waals surface area contributed by atoms with Gasteiger partial charge in [-0.1, -0.05) is 12.1 Å². The van der Waals surface area contributed by atoms with E-state index in [1.54, 1.807) is 12.1 Å². The minimum Gasteiger partial charge on any atom is -0.466 e. The molecular weight excluding hydrogens is 257 g/mol. The zero-order valence-electron chi connectivity index (χ0n) is 11.9. The summed E-state index contributed by atoms with van der Waals surface area (Å²) in [5.41, 5.74) is 1.03. The van der Waals surface area contributed by atoms with E-state index in [1.807, 2.05) is 6.92 Å². The minimum absolute atomic E-state index is 0.122. The number of rotatable bonds is 5. The lowest BCUT2D eigenvalue weighted by Crippen LogP contribution is -2.31. The largest absolute Gasteiger partial charge is 0.466 e. The smallest absolute Gasteiger partial charge is 0.306 e. The Bertz CT molecular complexity index is 427. The number of ether oxygens (including phenoxy) is 1. The summed E-state index contributed by atoms with van der Waals surface area (Å²) < 4.78 is 18.2. The molecule has 1 atom stereocenters. The second-order valence-electron chi connectivity index (χ2n) is 5.25. The number of hydrogen-bond donors (Lipinski definition) is 1. The number of carbonyl (C=O) groups excluding carboxylic acids is 1. The van der Waals surface area contributed by atoms with Crippen LogP contribution in [0.15, 0.2) is 24.3 Å². The maximum absolute atomic E-state index is 13.1. The average molecular weight is 279 g/mol. The molecule has 1 aliphatic heterocycles. The van der Waals surface area contributed by atoms with Crippen molar-refractivity contribution in [1.29, 1.82) is 0 Å². The number of esters is 1. The van der Waals surface area contributed by atoms with Gasteiger partial charge in [-0.15, -0.1) is 0 Å². The van der Waals surface area contributed by atoms with Crippen LogP contribution in [0.5, 0.6) is 0 Å². The number of carbonyl (C=O) groups is 1. The molecule has 0 saturated carbocycles. The van der Waals surface area contributed by atoms with E-state index in [4.69, 9.17) is 4.74 Å². The quantitative estimate of drug-likeness (QED) is 0.842. The molecule has 0 spiro atoms. The van der Waals surface area contributed by atoms with Crippen molar-refractivity contribution in [3.05, 3.63) is 35.6 Å². The molecule has 20 heavy (non-hydrogen) atoms. The Morgan fingerprint density at radius 3 is 2.60 bits per heavy atom. The van der Waals surface area contributed by atoms with Crippen LogP contribution in [0.3, 0.4) is 0 Å². The van der Waals surface area contributed by atoms with Gasteiger partial charge in [0.2, 0.25) is 0 Å². The second-order valence-corrected chi connectivity index (χ2v) is 5.25. The Hall–Kier alpha value is -1.42. The molecule has 1 aromatic rings. The lowest BCUT2D eigenvalue weighted by Gasteiger charge is -2.30. The summed E-state index contributed by atoms with van der Waals surface area (Å²) >= 11 is 0. The monoisotopic (exact) mass is 279 g/mol. The van der Waals surface area contributed by atoms with Gasteiger partial charge in [0, 0.05) is 0 Å². The van der Waals surface area contributed by atoms with Crippen LogP contribution in [-0.2, 0) is 9.53 Å². The number of hydrogen-bond acceptors (Lipinski definition) is 3. The van der Waals surface area contributed by atoms with Gasteiger partial charge in [0.1, 0.15) is 5.82 Å². The molecule has 1 fully saturated rings.